The summed E-state index contributed by atoms with van der Waals surface area (Å²) in [5.41, 5.74) is 7.87. The summed E-state index contributed by atoms with van der Waals surface area (Å²) in [4.78, 5) is 67.4. The second-order valence-electron chi connectivity index (χ2n) is 35.3. The van der Waals surface area contributed by atoms with Crippen LogP contribution in [0.2, 0.25) is 0 Å². The van der Waals surface area contributed by atoms with Gasteiger partial charge in [0.2, 0.25) is 0 Å². The number of nitrogens with zero attached hydrogens (tertiary/aromatic N) is 3. The maximum absolute atomic E-state index is 12.6. The molecule has 5 saturated carbocycles. The maximum atomic E-state index is 12.6. The number of piperidine rings is 2. The molecule has 6 aromatic rings. The van der Waals surface area contributed by atoms with Crippen molar-refractivity contribution in [1.29, 1.82) is 0 Å². The van der Waals surface area contributed by atoms with Crippen LogP contribution in [0.25, 0.3) is 0 Å². The molecule has 0 radical (unpaired) electrons. The van der Waals surface area contributed by atoms with E-state index in [-0.39, 0.29) is 82.4 Å². The second-order valence-corrected chi connectivity index (χ2v) is 40.4. The lowest BCUT2D eigenvalue weighted by atomic mass is 9.65. The van der Waals surface area contributed by atoms with Gasteiger partial charge in [-0.1, -0.05) is 50.0 Å². The van der Waals surface area contributed by atoms with Crippen LogP contribution in [0.1, 0.15) is 233 Å². The molecule has 4 saturated heterocycles. The Morgan fingerprint density at radius 3 is 1.27 bits per heavy atom. The van der Waals surface area contributed by atoms with Gasteiger partial charge in [-0.2, -0.15) is 8.42 Å². The van der Waals surface area contributed by atoms with Crippen LogP contribution in [0.5, 0.6) is 17.2 Å². The lowest BCUT2D eigenvalue weighted by Crippen LogP contribution is -2.49. The van der Waals surface area contributed by atoms with E-state index in [1.54, 1.807) is 36.4 Å². The van der Waals surface area contributed by atoms with Crippen LogP contribution in [0.4, 0.5) is 11.4 Å². The van der Waals surface area contributed by atoms with Gasteiger partial charge in [0, 0.05) is 80.9 Å². The fourth-order valence-corrected chi connectivity index (χ4v) is 20.6. The largest absolute Gasteiger partial charge is 0.489 e. The Morgan fingerprint density at radius 1 is 0.468 bits per heavy atom. The molecule has 29 nitrogen and oxygen atoms in total. The first-order chi connectivity index (χ1) is 58.6. The van der Waals surface area contributed by atoms with Gasteiger partial charge >= 0.3 is 23.9 Å². The summed E-state index contributed by atoms with van der Waals surface area (Å²) in [7, 11) is -2.90. The molecular formula is C90H113BrCl2N4O25S2. The second kappa shape index (κ2) is 43.2. The van der Waals surface area contributed by atoms with Crippen molar-refractivity contribution in [3.8, 4) is 17.2 Å². The van der Waals surface area contributed by atoms with Crippen LogP contribution in [0.15, 0.2) is 136 Å². The topological polar surface area (TPSA) is 391 Å². The Morgan fingerprint density at radius 2 is 0.855 bits per heavy atom. The van der Waals surface area contributed by atoms with E-state index in [9.17, 15) is 61.3 Å². The van der Waals surface area contributed by atoms with E-state index in [2.05, 4.69) is 53.8 Å². The minimum absolute atomic E-state index is 0. The van der Waals surface area contributed by atoms with Gasteiger partial charge in [0.05, 0.1) is 73.4 Å². The molecule has 4 N–H and O–H groups in total. The van der Waals surface area contributed by atoms with Crippen molar-refractivity contribution in [2.24, 2.45) is 21.7 Å². The Labute approximate surface area is 742 Å². The average molecular weight is 1870 g/mol. The van der Waals surface area contributed by atoms with Gasteiger partial charge in [-0.25, -0.2) is 27.6 Å². The van der Waals surface area contributed by atoms with Crippen LogP contribution in [-0.4, -0.2) is 172 Å². The zero-order valence-corrected chi connectivity index (χ0v) is 75.1. The quantitative estimate of drug-likeness (QED) is 0.0208. The van der Waals surface area contributed by atoms with Crippen LogP contribution in [0, 0.1) is 41.9 Å². The van der Waals surface area contributed by atoms with Crippen molar-refractivity contribution < 1.29 is 108 Å². The number of aliphatic hydroxyl groups excluding tert-OH is 3. The number of likely N-dealkylation sites (tertiary alicyclic amines) is 1. The number of non-ortho nitro benzene ring substituents is 2. The Balaban J connectivity index is 0.000000144. The van der Waals surface area contributed by atoms with Gasteiger partial charge in [0.15, 0.2) is 0 Å². The first kappa shape index (κ1) is 96.7. The Kier molecular flexibility index (Phi) is 33.7. The number of nitro groups is 2. The van der Waals surface area contributed by atoms with Gasteiger partial charge in [-0.3, -0.25) is 29.3 Å². The smallest absolute Gasteiger partial charge is 0.338 e. The molecule has 5 aliphatic carbocycles. The molecule has 0 bridgehead atoms. The highest BCUT2D eigenvalue weighted by Gasteiger charge is 2.44. The number of hydrogen-bond donors (Lipinski definition) is 4. The predicted molar refractivity (Wildman–Crippen MR) is 464 cm³/mol. The third kappa shape index (κ3) is 26.4. The van der Waals surface area contributed by atoms with E-state index in [1.807, 2.05) is 36.4 Å². The Hall–Kier alpha value is -7.96. The molecule has 34 heteroatoms. The summed E-state index contributed by atoms with van der Waals surface area (Å²) in [5, 5.41) is 51.5. The summed E-state index contributed by atoms with van der Waals surface area (Å²) in [6.07, 6.45) is 21.8. The van der Waals surface area contributed by atoms with Crippen molar-refractivity contribution >= 4 is 93.4 Å². The van der Waals surface area contributed by atoms with E-state index in [4.69, 9.17) is 67.7 Å². The van der Waals surface area contributed by atoms with Crippen LogP contribution in [-0.2, 0) is 78.2 Å². The number of hydrogen-bond acceptors (Lipinski definition) is 27. The molecule has 2 spiro atoms. The first-order valence-electron chi connectivity index (χ1n) is 42.5. The van der Waals surface area contributed by atoms with E-state index >= 15 is 0 Å². The number of cyclic esters (lactones) is 4. The normalized spacial score (nSPS) is 24.7. The summed E-state index contributed by atoms with van der Waals surface area (Å²) in [6, 6.07) is 30.9. The zero-order valence-electron chi connectivity index (χ0n) is 70.4. The number of carbonyl (C=O) groups is 4. The maximum Gasteiger partial charge on any atom is 0.338 e. The predicted octanol–water partition coefficient (Wildman–Crippen LogP) is 16.1. The number of nitrogens with one attached hydrogen (secondary N) is 1. The molecule has 124 heavy (non-hydrogen) atoms. The molecule has 19 rings (SSSR count). The van der Waals surface area contributed by atoms with Crippen molar-refractivity contribution in [1.82, 2.24) is 10.2 Å². The molecule has 6 unspecified atom stereocenters. The van der Waals surface area contributed by atoms with E-state index < -0.39 is 53.4 Å². The number of ether oxygens (including phenoxy) is 9. The molecule has 9 fully saturated rings. The molecular weight excluding hydrogens is 1750 g/mol. The van der Waals surface area contributed by atoms with Gasteiger partial charge in [0.25, 0.3) is 30.5 Å². The third-order valence-electron chi connectivity index (χ3n) is 25.1. The minimum Gasteiger partial charge on any atom is -0.489 e. The molecule has 8 atom stereocenters. The standard InChI is InChI=1S/C21H27NO4.C19H17NO8S.C13H14O4.C10H20.C8H5BrO2.C8H15NO.C6H4ClNO4S.C5H10O2.ClH/c23-20-17-5-4-16(12-15(17)13-25-20)26-19-3-1-2-18(19)22-9-6-21(7-10-22)8-11-24-14-21;21-19-16-9-6-14(10-12(16)11-26-19)27-17-2-1-3-18(17)28-29(24,25)15-7-4-13(5-8-15)20(22)23;14-11-2-1-3-12(11)17-9-4-5-10-8(6-9)7-16-13(10)15;1-9(2)6-5-7-10(3,4)8-9;9-6-1-2-7-5(3-6)4-11-8(7)10;1-4-9-5-2-8(1)3-6-10-7-8;7-13(11,12)6-3-1-5(2-4-6)8(9)10;6-4-2-1-3-5(4)7;/h4-5,12,18-19H,1-3,6-11,13-14H2;4-10,17-18H,1-3,11H2;4-6,11-12,14H,1-3,7H2;5-8H2,1-4H3;1-3H,4H2;9H,1-7H2;1-4H;4-7H,1-3H2;1H/t;;;;;;;4-,5+;. The van der Waals surface area contributed by atoms with Gasteiger partial charge in [-0.15, -0.1) is 12.4 Å². The zero-order chi connectivity index (χ0) is 87.9. The highest BCUT2D eigenvalue weighted by molar-refractivity contribution is 9.10. The van der Waals surface area contributed by atoms with Crippen LogP contribution >= 0.6 is 39.0 Å². The van der Waals surface area contributed by atoms with Gasteiger partial charge in [-0.05, 0) is 280 Å². The number of aliphatic hydroxyl groups is 3. The first-order valence-corrected chi connectivity index (χ1v) is 47.0. The van der Waals surface area contributed by atoms with Crippen LogP contribution in [0.3, 0.4) is 0 Å². The fourth-order valence-electron chi connectivity index (χ4n) is 18.3. The number of carbonyl (C=O) groups excluding carboxylic acids is 4. The van der Waals surface area contributed by atoms with Crippen LogP contribution < -0.4 is 19.5 Å². The molecule has 0 amide bonds. The summed E-state index contributed by atoms with van der Waals surface area (Å²) < 4.78 is 102. The molecule has 6 aromatic carbocycles. The molecule has 8 heterocycles. The average Bonchev–Trinajstić information content (AvgIpc) is 1.68. The van der Waals surface area contributed by atoms with E-state index in [0.717, 1.165) is 159 Å². The highest BCUT2D eigenvalue weighted by atomic mass is 79.9. The summed E-state index contributed by atoms with van der Waals surface area (Å²) in [6.45, 7) is 19.5. The van der Waals surface area contributed by atoms with Crippen molar-refractivity contribution in [2.45, 2.75) is 254 Å². The van der Waals surface area contributed by atoms with Gasteiger partial charge < -0.3 is 63.3 Å². The van der Waals surface area contributed by atoms with Gasteiger partial charge in [0.1, 0.15) is 68.1 Å². The number of fused-ring (bicyclic) bond motifs is 4. The monoisotopic (exact) mass is 1860 g/mol. The number of benzene rings is 6. The number of esters is 4. The summed E-state index contributed by atoms with van der Waals surface area (Å²) >= 11 is 3.32. The number of halogens is 3. The molecule has 676 valence electrons. The SMILES string of the molecule is C1CC2(CCN1)CCOC2.CC1(C)CCCC(C)(C)C1.Cl.O=C1OCc2cc(Br)ccc21.O=C1OCc2cc(OC3CCCC3N3CCC4(CCOC4)CC3)ccc21.O=C1OCc2cc(OC3CCCC3O)ccc21.O=C1OCc2cc(OC3CCCC3OS(=O)(=O)c3ccc([N+](=O)[O-])cc3)ccc21.O=[N+]([O-])c1ccc(S(=O)(=O)Cl)cc1.O[C@@H]1CCC[C@@H]1O. The van der Waals surface area contributed by atoms with Crippen molar-refractivity contribution in [3.05, 3.63) is 191 Å². The molecule has 0 aromatic heterocycles. The Bertz CT molecular complexity index is 4900. The number of rotatable bonds is 13. The lowest BCUT2D eigenvalue weighted by molar-refractivity contribution is -0.385. The molecule has 8 aliphatic heterocycles. The summed E-state index contributed by atoms with van der Waals surface area (Å²) in [5.74, 6) is 1.01. The lowest BCUT2D eigenvalue weighted by Gasteiger charge is -2.42. The molecule has 13 aliphatic rings. The fraction of sp³-hybridized carbons (Fsp3) is 0.556. The van der Waals surface area contributed by atoms with Crippen molar-refractivity contribution in [3.63, 3.8) is 0 Å². The third-order valence-corrected chi connectivity index (χ3v) is 28.3. The van der Waals surface area contributed by atoms with Crippen molar-refractivity contribution in [2.75, 3.05) is 52.6 Å². The van der Waals surface area contributed by atoms with E-state index in [1.165, 1.54) is 103 Å². The highest BCUT2D eigenvalue weighted by Crippen LogP contribution is 2.46. The minimum atomic E-state index is -4.10. The number of nitro benzene ring substituents is 2. The van der Waals surface area contributed by atoms with E-state index in [0.29, 0.717) is 94.1 Å².